The Morgan fingerprint density at radius 2 is 1.89 bits per heavy atom. The van der Waals surface area contributed by atoms with Gasteiger partial charge in [-0.15, -0.1) is 0 Å². The van der Waals surface area contributed by atoms with E-state index >= 15 is 0 Å². The van der Waals surface area contributed by atoms with Crippen LogP contribution in [0.5, 0.6) is 0 Å². The molecule has 7 heteroatoms. The zero-order chi connectivity index (χ0) is 20.1. The lowest BCUT2D eigenvalue weighted by molar-refractivity contribution is -0.145. The highest BCUT2D eigenvalue weighted by atomic mass is 16.5. The normalized spacial score (nSPS) is 15.6. The van der Waals surface area contributed by atoms with Crippen molar-refractivity contribution in [1.29, 1.82) is 0 Å². The zero-order valence-corrected chi connectivity index (χ0v) is 16.4. The van der Waals surface area contributed by atoms with Gasteiger partial charge in [0.15, 0.2) is 0 Å². The molecular formula is C21H27N3O4. The predicted molar refractivity (Wildman–Crippen MR) is 104 cm³/mol. The van der Waals surface area contributed by atoms with Crippen molar-refractivity contribution < 1.29 is 19.4 Å². The third-order valence-electron chi connectivity index (χ3n) is 5.13. The number of amides is 1. The van der Waals surface area contributed by atoms with E-state index in [2.05, 4.69) is 5.10 Å². The third-order valence-corrected chi connectivity index (χ3v) is 5.13. The highest BCUT2D eigenvalue weighted by Gasteiger charge is 2.34. The molecule has 0 unspecified atom stereocenters. The highest BCUT2D eigenvalue weighted by molar-refractivity contribution is 5.86. The predicted octanol–water partition coefficient (Wildman–Crippen LogP) is 2.99. The largest absolute Gasteiger partial charge is 0.478 e. The molecule has 0 aliphatic carbocycles. The lowest BCUT2D eigenvalue weighted by Gasteiger charge is -2.37. The van der Waals surface area contributed by atoms with Gasteiger partial charge in [0.1, 0.15) is 0 Å². The Morgan fingerprint density at radius 3 is 2.50 bits per heavy atom. The van der Waals surface area contributed by atoms with Crippen LogP contribution in [0.4, 0.5) is 0 Å². The van der Waals surface area contributed by atoms with E-state index in [4.69, 9.17) is 9.84 Å². The molecule has 1 saturated heterocycles. The van der Waals surface area contributed by atoms with E-state index in [-0.39, 0.29) is 17.5 Å². The summed E-state index contributed by atoms with van der Waals surface area (Å²) < 4.78 is 7.50. The summed E-state index contributed by atoms with van der Waals surface area (Å²) in [5, 5.41) is 13.2. The van der Waals surface area contributed by atoms with E-state index in [0.717, 1.165) is 18.4 Å². The first-order valence-corrected chi connectivity index (χ1v) is 9.55. The van der Waals surface area contributed by atoms with Crippen LogP contribution in [-0.2, 0) is 16.1 Å². The summed E-state index contributed by atoms with van der Waals surface area (Å²) in [5.41, 5.74) is 0.686. The lowest BCUT2D eigenvalue weighted by atomic mass is 9.91. The van der Waals surface area contributed by atoms with Crippen LogP contribution in [-0.4, -0.2) is 51.4 Å². The Hall–Kier alpha value is -2.67. The summed E-state index contributed by atoms with van der Waals surface area (Å²) in [6.07, 6.45) is 4.44. The first-order valence-electron chi connectivity index (χ1n) is 9.55. The molecule has 150 valence electrons. The SMILES string of the molecule is CC(C)(COCc1ccccc1)C(=O)N1CCC(n2cc(C(=O)O)cn2)CC1. The fourth-order valence-corrected chi connectivity index (χ4v) is 3.47. The maximum absolute atomic E-state index is 12.9. The number of hydrogen-bond donors (Lipinski definition) is 1. The molecule has 1 aromatic heterocycles. The van der Waals surface area contributed by atoms with Crippen molar-refractivity contribution >= 4 is 11.9 Å². The van der Waals surface area contributed by atoms with Gasteiger partial charge in [-0.25, -0.2) is 4.79 Å². The molecule has 0 saturated carbocycles. The number of hydrogen-bond acceptors (Lipinski definition) is 4. The van der Waals surface area contributed by atoms with Crippen molar-refractivity contribution in [2.75, 3.05) is 19.7 Å². The summed E-state index contributed by atoms with van der Waals surface area (Å²) >= 11 is 0. The molecular weight excluding hydrogens is 358 g/mol. The molecule has 0 bridgehead atoms. The monoisotopic (exact) mass is 385 g/mol. The summed E-state index contributed by atoms with van der Waals surface area (Å²) in [6, 6.07) is 10.0. The standard InChI is InChI=1S/C21H27N3O4/c1-21(2,15-28-14-16-6-4-3-5-7-16)20(27)23-10-8-18(9-11-23)24-13-17(12-22-24)19(25)26/h3-7,12-13,18H,8-11,14-15H2,1-2H3,(H,25,26). The fraction of sp³-hybridized carbons (Fsp3) is 0.476. The minimum atomic E-state index is -0.976. The van der Waals surface area contributed by atoms with E-state index in [1.54, 1.807) is 10.9 Å². The number of ether oxygens (including phenoxy) is 1. The lowest BCUT2D eigenvalue weighted by Crippen LogP contribution is -2.47. The van der Waals surface area contributed by atoms with Crippen LogP contribution in [0.3, 0.4) is 0 Å². The Morgan fingerprint density at radius 1 is 1.21 bits per heavy atom. The molecule has 0 spiro atoms. The van der Waals surface area contributed by atoms with E-state index in [1.807, 2.05) is 49.1 Å². The number of carbonyl (C=O) groups excluding carboxylic acids is 1. The van der Waals surface area contributed by atoms with Gasteiger partial charge in [0.2, 0.25) is 5.91 Å². The van der Waals surface area contributed by atoms with Crippen molar-refractivity contribution in [2.24, 2.45) is 5.41 Å². The highest BCUT2D eigenvalue weighted by Crippen LogP contribution is 2.27. The maximum Gasteiger partial charge on any atom is 0.338 e. The average molecular weight is 385 g/mol. The molecule has 1 aliphatic rings. The first-order chi connectivity index (χ1) is 13.4. The topological polar surface area (TPSA) is 84.7 Å². The number of nitrogens with zero attached hydrogens (tertiary/aromatic N) is 3. The molecule has 28 heavy (non-hydrogen) atoms. The molecule has 1 N–H and O–H groups in total. The molecule has 2 aromatic rings. The molecule has 1 fully saturated rings. The number of carboxylic acid groups (broad SMARTS) is 1. The molecule has 3 rings (SSSR count). The van der Waals surface area contributed by atoms with Crippen LogP contribution < -0.4 is 0 Å². The van der Waals surface area contributed by atoms with Gasteiger partial charge in [0.05, 0.1) is 36.4 Å². The second-order valence-electron chi connectivity index (χ2n) is 7.90. The molecule has 0 radical (unpaired) electrons. The average Bonchev–Trinajstić information content (AvgIpc) is 3.19. The second-order valence-corrected chi connectivity index (χ2v) is 7.90. The van der Waals surface area contributed by atoms with Crippen molar-refractivity contribution in [3.8, 4) is 0 Å². The Kier molecular flexibility index (Phi) is 6.14. The number of piperidine rings is 1. The first kappa shape index (κ1) is 20.1. The van der Waals surface area contributed by atoms with Gasteiger partial charge in [-0.3, -0.25) is 9.48 Å². The fourth-order valence-electron chi connectivity index (χ4n) is 3.47. The van der Waals surface area contributed by atoms with Crippen LogP contribution >= 0.6 is 0 Å². The van der Waals surface area contributed by atoms with Crippen molar-refractivity contribution in [3.63, 3.8) is 0 Å². The number of likely N-dealkylation sites (tertiary alicyclic amines) is 1. The minimum absolute atomic E-state index is 0.0886. The minimum Gasteiger partial charge on any atom is -0.478 e. The summed E-state index contributed by atoms with van der Waals surface area (Å²) in [6.45, 7) is 5.95. The number of rotatable bonds is 7. The van der Waals surface area contributed by atoms with Crippen molar-refractivity contribution in [1.82, 2.24) is 14.7 Å². The van der Waals surface area contributed by atoms with Crippen LogP contribution in [0.15, 0.2) is 42.7 Å². The molecule has 1 aliphatic heterocycles. The number of benzene rings is 1. The van der Waals surface area contributed by atoms with Gasteiger partial charge < -0.3 is 14.7 Å². The van der Waals surface area contributed by atoms with Gasteiger partial charge in [-0.1, -0.05) is 30.3 Å². The number of carbonyl (C=O) groups is 2. The maximum atomic E-state index is 12.9. The zero-order valence-electron chi connectivity index (χ0n) is 16.4. The summed E-state index contributed by atoms with van der Waals surface area (Å²) in [7, 11) is 0. The van der Waals surface area contributed by atoms with E-state index in [9.17, 15) is 9.59 Å². The Labute approximate surface area is 164 Å². The smallest absolute Gasteiger partial charge is 0.338 e. The van der Waals surface area contributed by atoms with E-state index in [1.165, 1.54) is 6.20 Å². The molecule has 7 nitrogen and oxygen atoms in total. The number of aromatic carboxylic acids is 1. The van der Waals surface area contributed by atoms with Gasteiger partial charge in [0.25, 0.3) is 0 Å². The second kappa shape index (κ2) is 8.56. The molecule has 2 heterocycles. The van der Waals surface area contributed by atoms with Crippen LogP contribution in [0.25, 0.3) is 0 Å². The van der Waals surface area contributed by atoms with E-state index < -0.39 is 11.4 Å². The Bertz CT molecular complexity index is 808. The summed E-state index contributed by atoms with van der Waals surface area (Å²) in [4.78, 5) is 25.8. The quantitative estimate of drug-likeness (QED) is 0.792. The van der Waals surface area contributed by atoms with Gasteiger partial charge in [-0.05, 0) is 32.3 Å². The van der Waals surface area contributed by atoms with E-state index in [0.29, 0.717) is 26.3 Å². The molecule has 0 atom stereocenters. The van der Waals surface area contributed by atoms with Crippen LogP contribution in [0.1, 0.15) is 48.7 Å². The Balaban J connectivity index is 1.49. The van der Waals surface area contributed by atoms with Crippen LogP contribution in [0, 0.1) is 5.41 Å². The third kappa shape index (κ3) is 4.78. The molecule has 1 amide bonds. The summed E-state index contributed by atoms with van der Waals surface area (Å²) in [5.74, 6) is -0.887. The van der Waals surface area contributed by atoms with Gasteiger partial charge >= 0.3 is 5.97 Å². The number of carboxylic acids is 1. The van der Waals surface area contributed by atoms with Crippen LogP contribution in [0.2, 0.25) is 0 Å². The molecule has 1 aromatic carbocycles. The van der Waals surface area contributed by atoms with Gasteiger partial charge in [-0.2, -0.15) is 5.10 Å². The number of aromatic nitrogens is 2. The van der Waals surface area contributed by atoms with Crippen molar-refractivity contribution in [2.45, 2.75) is 39.3 Å². The van der Waals surface area contributed by atoms with Gasteiger partial charge in [0, 0.05) is 19.3 Å². The van der Waals surface area contributed by atoms with Crippen molar-refractivity contribution in [3.05, 3.63) is 53.9 Å².